The van der Waals surface area contributed by atoms with E-state index in [0.29, 0.717) is 32.2 Å². The molecule has 0 aromatic carbocycles. The van der Waals surface area contributed by atoms with Crippen molar-refractivity contribution in [1.29, 1.82) is 0 Å². The van der Waals surface area contributed by atoms with Crippen LogP contribution in [0.1, 0.15) is 40.0 Å². The van der Waals surface area contributed by atoms with Crippen molar-refractivity contribution < 1.29 is 33.3 Å². The average molecular weight is 405 g/mol. The van der Waals surface area contributed by atoms with E-state index >= 15 is 0 Å². The lowest BCUT2D eigenvalue weighted by Crippen LogP contribution is -2.18. The molecule has 0 atom stereocenters. The fraction of sp³-hybridized carbons (Fsp3) is 0.737. The van der Waals surface area contributed by atoms with E-state index in [9.17, 15) is 14.4 Å². The van der Waals surface area contributed by atoms with Gasteiger partial charge in [-0.3, -0.25) is 14.4 Å². The van der Waals surface area contributed by atoms with Crippen LogP contribution in [0.2, 0.25) is 0 Å². The summed E-state index contributed by atoms with van der Waals surface area (Å²) in [7, 11) is 0. The average Bonchev–Trinajstić information content (AvgIpc) is 2.58. The number of carbonyl (C=O) groups is 3. The summed E-state index contributed by atoms with van der Waals surface area (Å²) in [5.74, 6) is -0.486. The van der Waals surface area contributed by atoms with Crippen LogP contribution < -0.4 is 0 Å². The number of carbonyl (C=O) groups excluding carboxylic acids is 3. The molecule has 0 aromatic heterocycles. The molecule has 0 aromatic rings. The Balaban J connectivity index is 3.57. The lowest BCUT2D eigenvalue weighted by molar-refractivity contribution is -0.146. The van der Waals surface area contributed by atoms with Gasteiger partial charge in [-0.25, -0.2) is 0 Å². The molecule has 0 bridgehead atoms. The first-order valence-corrected chi connectivity index (χ1v) is 9.96. The van der Waals surface area contributed by atoms with Crippen molar-refractivity contribution in [3.8, 4) is 0 Å². The van der Waals surface area contributed by atoms with Crippen molar-refractivity contribution in [2.45, 2.75) is 40.0 Å². The van der Waals surface area contributed by atoms with E-state index < -0.39 is 5.97 Å². The van der Waals surface area contributed by atoms with Crippen molar-refractivity contribution in [1.82, 2.24) is 0 Å². The Morgan fingerprint density at radius 2 is 1.48 bits per heavy atom. The molecule has 0 aliphatic carbocycles. The van der Waals surface area contributed by atoms with Crippen molar-refractivity contribution in [3.05, 3.63) is 12.7 Å². The van der Waals surface area contributed by atoms with E-state index in [2.05, 4.69) is 27.4 Å². The predicted molar refractivity (Wildman–Crippen MR) is 105 cm³/mol. The van der Waals surface area contributed by atoms with Crippen LogP contribution in [0.3, 0.4) is 0 Å². The highest BCUT2D eigenvalue weighted by molar-refractivity contribution is 8.13. The fourth-order valence-electron chi connectivity index (χ4n) is 1.64. The number of thioether (sulfide) groups is 1. The summed E-state index contributed by atoms with van der Waals surface area (Å²) >= 11 is 1.01. The molecule has 7 nitrogen and oxygen atoms in total. The van der Waals surface area contributed by atoms with Gasteiger partial charge >= 0.3 is 11.9 Å². The van der Waals surface area contributed by atoms with Crippen molar-refractivity contribution in [2.75, 3.05) is 45.4 Å². The second-order valence-electron chi connectivity index (χ2n) is 6.89. The molecule has 0 N–H and O–H groups in total. The second-order valence-corrected chi connectivity index (χ2v) is 8.04. The highest BCUT2D eigenvalue weighted by Gasteiger charge is 2.12. The molecule has 0 heterocycles. The van der Waals surface area contributed by atoms with Gasteiger partial charge in [-0.05, 0) is 5.41 Å². The molecule has 0 fully saturated rings. The Hall–Kier alpha value is -1.38. The third kappa shape index (κ3) is 19.2. The lowest BCUT2D eigenvalue weighted by Gasteiger charge is -2.17. The molecule has 0 spiro atoms. The van der Waals surface area contributed by atoms with Crippen LogP contribution in [-0.2, 0) is 33.3 Å². The largest absolute Gasteiger partial charge is 0.463 e. The number of hydrogen-bond acceptors (Lipinski definition) is 8. The molecule has 0 aliphatic rings. The van der Waals surface area contributed by atoms with Gasteiger partial charge in [0.2, 0.25) is 0 Å². The third-order valence-corrected chi connectivity index (χ3v) is 3.79. The van der Waals surface area contributed by atoms with Crippen LogP contribution in [0.25, 0.3) is 0 Å². The van der Waals surface area contributed by atoms with Crippen LogP contribution in [-0.4, -0.2) is 62.4 Å². The van der Waals surface area contributed by atoms with Gasteiger partial charge in [0.05, 0.1) is 39.3 Å². The van der Waals surface area contributed by atoms with E-state index in [0.717, 1.165) is 11.8 Å². The number of rotatable bonds is 15. The molecule has 0 saturated carbocycles. The minimum Gasteiger partial charge on any atom is -0.463 e. The Morgan fingerprint density at radius 3 is 2.07 bits per heavy atom. The van der Waals surface area contributed by atoms with Crippen molar-refractivity contribution in [3.63, 3.8) is 0 Å². The summed E-state index contributed by atoms with van der Waals surface area (Å²) in [6.07, 6.45) is 1.84. The number of esters is 2. The first-order valence-electron chi connectivity index (χ1n) is 8.98. The van der Waals surface area contributed by atoms with Gasteiger partial charge < -0.3 is 18.9 Å². The molecule has 0 amide bonds. The van der Waals surface area contributed by atoms with E-state index in [1.54, 1.807) is 6.08 Å². The molecular formula is C19H32O7S. The minimum absolute atomic E-state index is 0.0167. The van der Waals surface area contributed by atoms with Gasteiger partial charge in [-0.15, -0.1) is 6.58 Å². The summed E-state index contributed by atoms with van der Waals surface area (Å²) < 4.78 is 20.4. The van der Waals surface area contributed by atoms with Crippen LogP contribution in [0.4, 0.5) is 0 Å². The number of ether oxygens (including phenoxy) is 4. The normalized spacial score (nSPS) is 11.1. The Labute approximate surface area is 166 Å². The molecule has 0 saturated heterocycles. The molecule has 0 aliphatic heterocycles. The maximum absolute atomic E-state index is 11.7. The topological polar surface area (TPSA) is 88.1 Å². The van der Waals surface area contributed by atoms with E-state index in [-0.39, 0.29) is 49.0 Å². The van der Waals surface area contributed by atoms with Gasteiger partial charge in [0.15, 0.2) is 5.12 Å². The smallest absolute Gasteiger partial charge is 0.306 e. The predicted octanol–water partition coefficient (Wildman–Crippen LogP) is 2.77. The van der Waals surface area contributed by atoms with E-state index in [4.69, 9.17) is 18.9 Å². The second kappa shape index (κ2) is 15.7. The Bertz CT molecular complexity index is 457. The Morgan fingerprint density at radius 1 is 0.889 bits per heavy atom. The number of hydrogen-bond donors (Lipinski definition) is 0. The molecule has 0 radical (unpaired) electrons. The van der Waals surface area contributed by atoms with E-state index in [1.807, 2.05) is 0 Å². The quantitative estimate of drug-likeness (QED) is 0.234. The molecule has 8 heteroatoms. The molecule has 0 rings (SSSR count). The molecular weight excluding hydrogens is 372 g/mol. The monoisotopic (exact) mass is 404 g/mol. The van der Waals surface area contributed by atoms with Gasteiger partial charge in [-0.2, -0.15) is 0 Å². The summed E-state index contributed by atoms with van der Waals surface area (Å²) in [6.45, 7) is 11.7. The van der Waals surface area contributed by atoms with Crippen molar-refractivity contribution >= 4 is 28.8 Å². The zero-order chi connectivity index (χ0) is 20.5. The van der Waals surface area contributed by atoms with Crippen LogP contribution in [0.15, 0.2) is 12.7 Å². The molecule has 27 heavy (non-hydrogen) atoms. The maximum atomic E-state index is 11.7. The van der Waals surface area contributed by atoms with Gasteiger partial charge in [0.1, 0.15) is 13.2 Å². The standard InChI is InChI=1S/C19H32O7S/c1-5-9-23-10-12-25-16(20)6-7-18(22)27-14-8-17(21)26-13-11-24-15-19(2,3)4/h5H,1,6-15H2,2-4H3. The van der Waals surface area contributed by atoms with Crippen LogP contribution >= 0.6 is 11.8 Å². The first kappa shape index (κ1) is 25.6. The Kier molecular flexibility index (Phi) is 14.9. The summed E-state index contributed by atoms with van der Waals surface area (Å²) in [5.41, 5.74) is 0.0761. The summed E-state index contributed by atoms with van der Waals surface area (Å²) in [6, 6.07) is 0. The van der Waals surface area contributed by atoms with Gasteiger partial charge in [-0.1, -0.05) is 38.6 Å². The maximum Gasteiger partial charge on any atom is 0.306 e. The van der Waals surface area contributed by atoms with Crippen molar-refractivity contribution in [2.24, 2.45) is 5.41 Å². The first-order chi connectivity index (χ1) is 12.7. The van der Waals surface area contributed by atoms with E-state index in [1.165, 1.54) is 0 Å². The summed E-state index contributed by atoms with van der Waals surface area (Å²) in [5, 5.41) is -0.156. The third-order valence-electron chi connectivity index (χ3n) is 2.85. The summed E-state index contributed by atoms with van der Waals surface area (Å²) in [4.78, 5) is 34.7. The highest BCUT2D eigenvalue weighted by atomic mass is 32.2. The fourth-order valence-corrected chi connectivity index (χ4v) is 2.39. The SMILES string of the molecule is C=CCOCCOC(=O)CCC(=O)SCCC(=O)OCCOCC(C)(C)C. The zero-order valence-electron chi connectivity index (χ0n) is 16.6. The van der Waals surface area contributed by atoms with Crippen LogP contribution in [0, 0.1) is 5.41 Å². The molecule has 156 valence electrons. The molecule has 0 unspecified atom stereocenters. The van der Waals surface area contributed by atoms with Gasteiger partial charge in [0, 0.05) is 12.2 Å². The minimum atomic E-state index is -0.444. The lowest BCUT2D eigenvalue weighted by atomic mass is 9.99. The van der Waals surface area contributed by atoms with Crippen LogP contribution in [0.5, 0.6) is 0 Å². The zero-order valence-corrected chi connectivity index (χ0v) is 17.4. The van der Waals surface area contributed by atoms with Gasteiger partial charge in [0.25, 0.3) is 0 Å². The highest BCUT2D eigenvalue weighted by Crippen LogP contribution is 2.12.